The second kappa shape index (κ2) is 9.22. The molecule has 0 radical (unpaired) electrons. The Hall–Kier alpha value is -0.120. The van der Waals surface area contributed by atoms with Gasteiger partial charge in [0, 0.05) is 19.1 Å². The zero-order valence-corrected chi connectivity index (χ0v) is 24.5. The third-order valence-corrected chi connectivity index (χ3v) is 13.6. The summed E-state index contributed by atoms with van der Waals surface area (Å²) >= 11 is 0. The topological polar surface area (TPSA) is 27.7 Å². The van der Waals surface area contributed by atoms with Gasteiger partial charge in [-0.15, -0.1) is 0 Å². The number of methoxy groups -OCH3 is 1. The summed E-state index contributed by atoms with van der Waals surface area (Å²) in [6, 6.07) is 0. The van der Waals surface area contributed by atoms with E-state index in [1.807, 2.05) is 7.11 Å². The minimum Gasteiger partial charge on any atom is -0.381 e. The van der Waals surface area contributed by atoms with Crippen molar-refractivity contribution in [1.82, 2.24) is 0 Å². The Morgan fingerprint density at radius 3 is 2.56 bits per heavy atom. The van der Waals surface area contributed by atoms with Crippen LogP contribution in [-0.2, 0) is 14.2 Å². The van der Waals surface area contributed by atoms with Crippen molar-refractivity contribution in [1.29, 1.82) is 0 Å². The van der Waals surface area contributed by atoms with Gasteiger partial charge in [-0.1, -0.05) is 33.6 Å². The van der Waals surface area contributed by atoms with Gasteiger partial charge in [0.15, 0.2) is 6.29 Å². The minimum atomic E-state index is -0.0769. The fourth-order valence-corrected chi connectivity index (χ4v) is 11.8. The molecule has 0 aromatic heterocycles. The van der Waals surface area contributed by atoms with Gasteiger partial charge < -0.3 is 14.2 Å². The first-order chi connectivity index (χ1) is 17.1. The largest absolute Gasteiger partial charge is 0.381 e. The van der Waals surface area contributed by atoms with Crippen LogP contribution < -0.4 is 0 Å². The quantitative estimate of drug-likeness (QED) is 0.335. The highest BCUT2D eigenvalue weighted by Gasteiger charge is 2.77. The lowest BCUT2D eigenvalue weighted by molar-refractivity contribution is -0.217. The zero-order chi connectivity index (χ0) is 25.3. The van der Waals surface area contributed by atoms with Crippen molar-refractivity contribution in [2.75, 3.05) is 13.7 Å². The van der Waals surface area contributed by atoms with Gasteiger partial charge in [0.05, 0.1) is 11.7 Å². The van der Waals surface area contributed by atoms with Gasteiger partial charge in [0.25, 0.3) is 0 Å². The van der Waals surface area contributed by atoms with Crippen LogP contribution >= 0.6 is 0 Å². The molecule has 0 aromatic rings. The summed E-state index contributed by atoms with van der Waals surface area (Å²) in [5.41, 5.74) is 1.58. The average Bonchev–Trinajstić information content (AvgIpc) is 3.35. The number of fused-ring (bicyclic) bond motifs is 4. The molecule has 11 atom stereocenters. The van der Waals surface area contributed by atoms with Crippen LogP contribution in [0, 0.1) is 51.8 Å². The van der Waals surface area contributed by atoms with Gasteiger partial charge in [-0.25, -0.2) is 0 Å². The molecule has 5 saturated carbocycles. The van der Waals surface area contributed by atoms with Crippen molar-refractivity contribution in [3.63, 3.8) is 0 Å². The van der Waals surface area contributed by atoms with Crippen molar-refractivity contribution in [3.05, 3.63) is 0 Å². The van der Waals surface area contributed by atoms with Gasteiger partial charge in [-0.2, -0.15) is 0 Å². The number of hydrogen-bond donors (Lipinski definition) is 0. The average molecular weight is 501 g/mol. The highest BCUT2D eigenvalue weighted by molar-refractivity contribution is 5.26. The molecule has 6 rings (SSSR count). The Balaban J connectivity index is 1.08. The van der Waals surface area contributed by atoms with Gasteiger partial charge >= 0.3 is 0 Å². The molecule has 1 unspecified atom stereocenters. The molecule has 6 fully saturated rings. The molecular weight excluding hydrogens is 444 g/mol. The van der Waals surface area contributed by atoms with Crippen LogP contribution in [0.25, 0.3) is 0 Å². The summed E-state index contributed by atoms with van der Waals surface area (Å²) < 4.78 is 18.6. The molecular formula is C33H56O3. The van der Waals surface area contributed by atoms with E-state index in [0.29, 0.717) is 22.3 Å². The van der Waals surface area contributed by atoms with Gasteiger partial charge in [-0.05, 0) is 137 Å². The number of ether oxygens (including phenoxy) is 3. The van der Waals surface area contributed by atoms with Gasteiger partial charge in [0.2, 0.25) is 0 Å². The fraction of sp³-hybridized carbons (Fsp3) is 1.00. The smallest absolute Gasteiger partial charge is 0.158 e. The molecule has 0 aromatic carbocycles. The van der Waals surface area contributed by atoms with Crippen molar-refractivity contribution >= 4 is 0 Å². The van der Waals surface area contributed by atoms with E-state index < -0.39 is 0 Å². The lowest BCUT2D eigenvalue weighted by Crippen LogP contribution is -2.57. The first-order valence-corrected chi connectivity index (χ1v) is 16.0. The van der Waals surface area contributed by atoms with E-state index >= 15 is 0 Å². The molecule has 206 valence electrons. The molecule has 0 N–H and O–H groups in total. The first-order valence-electron chi connectivity index (χ1n) is 16.0. The summed E-state index contributed by atoms with van der Waals surface area (Å²) in [4.78, 5) is 0. The molecule has 1 saturated heterocycles. The lowest BCUT2D eigenvalue weighted by Gasteiger charge is -2.61. The van der Waals surface area contributed by atoms with Crippen LogP contribution in [0.5, 0.6) is 0 Å². The highest BCUT2D eigenvalue weighted by atomic mass is 16.7. The van der Waals surface area contributed by atoms with Crippen molar-refractivity contribution in [2.24, 2.45) is 51.8 Å². The number of rotatable bonds is 8. The monoisotopic (exact) mass is 500 g/mol. The van der Waals surface area contributed by atoms with Crippen LogP contribution in [-0.4, -0.2) is 31.7 Å². The summed E-state index contributed by atoms with van der Waals surface area (Å²) in [5.74, 6) is 5.50. The van der Waals surface area contributed by atoms with Crippen molar-refractivity contribution < 1.29 is 14.2 Å². The molecule has 3 nitrogen and oxygen atoms in total. The SMILES string of the molecule is CO[C@@H]1C[C@H]2[C@@H]3CC[C@@H]([C@H](C)CCCC(C)(C)OC4CCCCO4)[C@@]3(C)CC[C@@H]2[C@@]2(C)CC[C@@H]3C[C@]312. The van der Waals surface area contributed by atoms with E-state index in [1.54, 1.807) is 0 Å². The predicted molar refractivity (Wildman–Crippen MR) is 146 cm³/mol. The van der Waals surface area contributed by atoms with Crippen LogP contribution in [0.15, 0.2) is 0 Å². The molecule has 0 bridgehead atoms. The Morgan fingerprint density at radius 2 is 1.83 bits per heavy atom. The molecule has 5 aliphatic carbocycles. The first kappa shape index (κ1) is 26.1. The minimum absolute atomic E-state index is 0.0223. The normalized spacial score (nSPS) is 50.7. The predicted octanol–water partition coefficient (Wildman–Crippen LogP) is 8.40. The third kappa shape index (κ3) is 3.90. The maximum Gasteiger partial charge on any atom is 0.158 e. The van der Waals surface area contributed by atoms with E-state index in [0.717, 1.165) is 55.0 Å². The molecule has 6 aliphatic rings. The molecule has 0 amide bonds. The molecule has 3 heteroatoms. The Bertz CT molecular complexity index is 803. The van der Waals surface area contributed by atoms with Crippen LogP contribution in [0.1, 0.15) is 125 Å². The van der Waals surface area contributed by atoms with Crippen molar-refractivity contribution in [3.8, 4) is 0 Å². The summed E-state index contributed by atoms with van der Waals surface area (Å²) in [5, 5.41) is 0. The fourth-order valence-electron chi connectivity index (χ4n) is 11.8. The summed E-state index contributed by atoms with van der Waals surface area (Å²) in [7, 11) is 2.03. The van der Waals surface area contributed by atoms with Crippen molar-refractivity contribution in [2.45, 2.75) is 143 Å². The zero-order valence-electron chi connectivity index (χ0n) is 24.5. The lowest BCUT2D eigenvalue weighted by atomic mass is 9.45. The van der Waals surface area contributed by atoms with E-state index in [2.05, 4.69) is 34.6 Å². The van der Waals surface area contributed by atoms with E-state index in [9.17, 15) is 0 Å². The van der Waals surface area contributed by atoms with E-state index in [4.69, 9.17) is 14.2 Å². The van der Waals surface area contributed by atoms with Crippen LogP contribution in [0.2, 0.25) is 0 Å². The molecule has 1 heterocycles. The third-order valence-electron chi connectivity index (χ3n) is 13.6. The maximum absolute atomic E-state index is 6.39. The Kier molecular flexibility index (Phi) is 6.69. The molecule has 1 spiro atoms. The highest BCUT2D eigenvalue weighted by Crippen LogP contribution is 2.82. The Morgan fingerprint density at radius 1 is 1.00 bits per heavy atom. The second-order valence-electron chi connectivity index (χ2n) is 15.5. The van der Waals surface area contributed by atoms with E-state index in [-0.39, 0.29) is 11.9 Å². The van der Waals surface area contributed by atoms with Gasteiger partial charge in [-0.3, -0.25) is 0 Å². The molecule has 1 aliphatic heterocycles. The number of hydrogen-bond acceptors (Lipinski definition) is 3. The Labute approximate surface area is 222 Å². The maximum atomic E-state index is 6.39. The molecule has 36 heavy (non-hydrogen) atoms. The van der Waals surface area contributed by atoms with Gasteiger partial charge in [0.1, 0.15) is 0 Å². The second-order valence-corrected chi connectivity index (χ2v) is 15.5. The van der Waals surface area contributed by atoms with E-state index in [1.165, 1.54) is 77.0 Å². The van der Waals surface area contributed by atoms with Crippen LogP contribution in [0.3, 0.4) is 0 Å². The summed E-state index contributed by atoms with van der Waals surface area (Å²) in [6.07, 6.45) is 19.5. The van der Waals surface area contributed by atoms with Crippen LogP contribution in [0.4, 0.5) is 0 Å². The standard InChI is InChI=1S/C33H56O3/c1-22(10-9-16-30(2,3)36-29-11-7-8-19-35-29)25-12-13-26-24-20-28(34-6)33-21-23(33)14-18-32(33,5)27(24)15-17-31(25,26)4/h22-29H,7-21H2,1-6H3/t22-,23-,24+,25+,26+,27+,28-,29?,31-,32-,33+/m1/s1. The summed E-state index contributed by atoms with van der Waals surface area (Å²) in [6.45, 7) is 13.4.